The Kier molecular flexibility index (Phi) is 7.14. The fraction of sp³-hybridized carbons (Fsp3) is 1.00. The molecule has 1 fully saturated rings. The van der Waals surface area contributed by atoms with E-state index in [0.717, 1.165) is 5.92 Å². The van der Waals surface area contributed by atoms with Gasteiger partial charge < -0.3 is 0 Å². The molecule has 0 aliphatic carbocycles. The molecule has 2 nitrogen and oxygen atoms in total. The van der Waals surface area contributed by atoms with E-state index in [0.29, 0.717) is 11.3 Å². The van der Waals surface area contributed by atoms with Crippen LogP contribution in [-0.4, -0.2) is 28.6 Å². The molecule has 1 aliphatic rings. The minimum atomic E-state index is 0.507. The van der Waals surface area contributed by atoms with Crippen LogP contribution in [0, 0.1) is 5.92 Å². The maximum atomic E-state index is 5.69. The van der Waals surface area contributed by atoms with Gasteiger partial charge in [-0.2, -0.15) is 23.5 Å². The monoisotopic (exact) mass is 248 g/mol. The number of rotatable bonds is 6. The second kappa shape index (κ2) is 7.82. The van der Waals surface area contributed by atoms with Gasteiger partial charge in [0.15, 0.2) is 0 Å². The maximum absolute atomic E-state index is 5.69. The summed E-state index contributed by atoms with van der Waals surface area (Å²) in [6.07, 6.45) is 3.79. The Bertz CT molecular complexity index is 157. The molecular formula is C11H24N2S2. The second-order valence-corrected chi connectivity index (χ2v) is 6.67. The van der Waals surface area contributed by atoms with E-state index in [2.05, 4.69) is 42.8 Å². The molecule has 1 heterocycles. The van der Waals surface area contributed by atoms with Crippen molar-refractivity contribution in [2.75, 3.05) is 17.3 Å². The first-order chi connectivity index (χ1) is 7.31. The molecule has 1 rings (SSSR count). The van der Waals surface area contributed by atoms with E-state index < -0.39 is 0 Å². The van der Waals surface area contributed by atoms with E-state index >= 15 is 0 Å². The molecule has 2 atom stereocenters. The van der Waals surface area contributed by atoms with Crippen LogP contribution in [0.1, 0.15) is 33.1 Å². The van der Waals surface area contributed by atoms with Crippen LogP contribution in [0.2, 0.25) is 0 Å². The highest BCUT2D eigenvalue weighted by atomic mass is 32.2. The molecule has 0 spiro atoms. The Hall–Kier alpha value is 0.620. The summed E-state index contributed by atoms with van der Waals surface area (Å²) in [6, 6.07) is 0.507. The zero-order valence-electron chi connectivity index (χ0n) is 9.87. The molecule has 0 aromatic heterocycles. The Labute approximate surface area is 102 Å². The third-order valence-corrected chi connectivity index (χ3v) is 6.17. The first-order valence-corrected chi connectivity index (χ1v) is 8.17. The van der Waals surface area contributed by atoms with E-state index in [-0.39, 0.29) is 0 Å². The quantitative estimate of drug-likeness (QED) is 0.559. The van der Waals surface area contributed by atoms with E-state index in [1.807, 2.05) is 0 Å². The van der Waals surface area contributed by atoms with E-state index in [1.165, 1.54) is 36.5 Å². The standard InChI is InChI=1S/C11H24N2S2/c1-3-9(4-2)7-10(13-12)11-8-14-5-6-15-11/h9-11,13H,3-8,12H2,1-2H3. The fourth-order valence-corrected chi connectivity index (χ4v) is 4.93. The number of hydrazine groups is 1. The van der Waals surface area contributed by atoms with Crippen molar-refractivity contribution >= 4 is 23.5 Å². The predicted molar refractivity (Wildman–Crippen MR) is 73.4 cm³/mol. The normalized spacial score (nSPS) is 24.4. The van der Waals surface area contributed by atoms with Gasteiger partial charge in [-0.15, -0.1) is 0 Å². The molecule has 0 radical (unpaired) electrons. The molecule has 0 bridgehead atoms. The van der Waals surface area contributed by atoms with Crippen molar-refractivity contribution in [3.05, 3.63) is 0 Å². The van der Waals surface area contributed by atoms with Crippen LogP contribution in [0.15, 0.2) is 0 Å². The molecule has 0 saturated carbocycles. The molecule has 2 unspecified atom stereocenters. The van der Waals surface area contributed by atoms with Gasteiger partial charge >= 0.3 is 0 Å². The molecule has 4 heteroatoms. The largest absolute Gasteiger partial charge is 0.271 e. The summed E-state index contributed by atoms with van der Waals surface area (Å²) in [5.41, 5.74) is 3.04. The van der Waals surface area contributed by atoms with Crippen molar-refractivity contribution in [1.82, 2.24) is 5.43 Å². The third kappa shape index (κ3) is 4.55. The smallest absolute Gasteiger partial charge is 0.0340 e. The Morgan fingerprint density at radius 1 is 1.33 bits per heavy atom. The Morgan fingerprint density at radius 3 is 2.53 bits per heavy atom. The highest BCUT2D eigenvalue weighted by molar-refractivity contribution is 8.06. The molecular weight excluding hydrogens is 224 g/mol. The zero-order chi connectivity index (χ0) is 11.1. The summed E-state index contributed by atoms with van der Waals surface area (Å²) in [5.74, 6) is 10.4. The SMILES string of the molecule is CCC(CC)CC(NN)C1CSCCS1. The first-order valence-electron chi connectivity index (χ1n) is 5.97. The number of hydrogen-bond acceptors (Lipinski definition) is 4. The Balaban J connectivity index is 2.38. The topological polar surface area (TPSA) is 38.0 Å². The average molecular weight is 248 g/mol. The maximum Gasteiger partial charge on any atom is 0.0340 e. The van der Waals surface area contributed by atoms with Crippen molar-refractivity contribution in [2.24, 2.45) is 11.8 Å². The van der Waals surface area contributed by atoms with Gasteiger partial charge in [0.25, 0.3) is 0 Å². The lowest BCUT2D eigenvalue weighted by atomic mass is 9.94. The third-order valence-electron chi connectivity index (χ3n) is 3.25. The van der Waals surface area contributed by atoms with Crippen molar-refractivity contribution in [2.45, 2.75) is 44.4 Å². The van der Waals surface area contributed by atoms with Crippen LogP contribution in [0.3, 0.4) is 0 Å². The van der Waals surface area contributed by atoms with Gasteiger partial charge in [-0.1, -0.05) is 26.7 Å². The highest BCUT2D eigenvalue weighted by Crippen LogP contribution is 2.29. The van der Waals surface area contributed by atoms with Crippen LogP contribution >= 0.6 is 23.5 Å². The van der Waals surface area contributed by atoms with E-state index in [9.17, 15) is 0 Å². The van der Waals surface area contributed by atoms with Gasteiger partial charge in [0, 0.05) is 28.6 Å². The second-order valence-electron chi connectivity index (χ2n) is 4.18. The van der Waals surface area contributed by atoms with Gasteiger partial charge in [-0.25, -0.2) is 0 Å². The highest BCUT2D eigenvalue weighted by Gasteiger charge is 2.25. The number of hydrogen-bond donors (Lipinski definition) is 2. The van der Waals surface area contributed by atoms with Crippen molar-refractivity contribution < 1.29 is 0 Å². The van der Waals surface area contributed by atoms with E-state index in [4.69, 9.17) is 5.84 Å². The molecule has 15 heavy (non-hydrogen) atoms. The van der Waals surface area contributed by atoms with Crippen molar-refractivity contribution in [3.8, 4) is 0 Å². The van der Waals surface area contributed by atoms with Crippen LogP contribution in [0.5, 0.6) is 0 Å². The van der Waals surface area contributed by atoms with Gasteiger partial charge in [-0.05, 0) is 12.3 Å². The lowest BCUT2D eigenvalue weighted by Crippen LogP contribution is -2.45. The summed E-state index contributed by atoms with van der Waals surface area (Å²) in [5, 5.41) is 0.717. The Morgan fingerprint density at radius 2 is 2.07 bits per heavy atom. The first kappa shape index (κ1) is 13.7. The lowest BCUT2D eigenvalue weighted by Gasteiger charge is -2.31. The van der Waals surface area contributed by atoms with Crippen molar-refractivity contribution in [3.63, 3.8) is 0 Å². The fourth-order valence-electron chi connectivity index (χ4n) is 2.05. The minimum absolute atomic E-state index is 0.507. The summed E-state index contributed by atoms with van der Waals surface area (Å²) in [6.45, 7) is 4.56. The van der Waals surface area contributed by atoms with Crippen LogP contribution in [-0.2, 0) is 0 Å². The molecule has 1 aliphatic heterocycles. The zero-order valence-corrected chi connectivity index (χ0v) is 11.5. The van der Waals surface area contributed by atoms with Gasteiger partial charge in [-0.3, -0.25) is 11.3 Å². The van der Waals surface area contributed by atoms with Crippen LogP contribution in [0.4, 0.5) is 0 Å². The number of nitrogens with two attached hydrogens (primary N) is 1. The number of nitrogens with one attached hydrogen (secondary N) is 1. The molecule has 3 N–H and O–H groups in total. The summed E-state index contributed by atoms with van der Waals surface area (Å²) in [7, 11) is 0. The summed E-state index contributed by atoms with van der Waals surface area (Å²) < 4.78 is 0. The lowest BCUT2D eigenvalue weighted by molar-refractivity contribution is 0.368. The molecule has 90 valence electrons. The minimum Gasteiger partial charge on any atom is -0.271 e. The molecule has 0 aromatic rings. The van der Waals surface area contributed by atoms with Crippen LogP contribution < -0.4 is 11.3 Å². The molecule has 0 aromatic carbocycles. The summed E-state index contributed by atoms with van der Waals surface area (Å²) >= 11 is 4.17. The predicted octanol–water partition coefficient (Wildman–Crippen LogP) is 2.49. The van der Waals surface area contributed by atoms with E-state index in [1.54, 1.807) is 0 Å². The molecule has 1 saturated heterocycles. The van der Waals surface area contributed by atoms with Crippen molar-refractivity contribution in [1.29, 1.82) is 0 Å². The number of thioether (sulfide) groups is 2. The van der Waals surface area contributed by atoms with Gasteiger partial charge in [0.05, 0.1) is 0 Å². The van der Waals surface area contributed by atoms with Gasteiger partial charge in [0.2, 0.25) is 0 Å². The van der Waals surface area contributed by atoms with Gasteiger partial charge in [0.1, 0.15) is 0 Å². The summed E-state index contributed by atoms with van der Waals surface area (Å²) in [4.78, 5) is 0. The molecule has 0 amide bonds. The van der Waals surface area contributed by atoms with Crippen LogP contribution in [0.25, 0.3) is 0 Å². The average Bonchev–Trinajstić information content (AvgIpc) is 2.32.